The Kier molecular flexibility index (Phi) is 3.29. The first-order chi connectivity index (χ1) is 3.31. The highest BCUT2D eigenvalue weighted by Gasteiger charge is 1.75. The maximum absolute atomic E-state index is 3.59. The molecule has 0 radical (unpaired) electrons. The van der Waals surface area contributed by atoms with E-state index in [0.29, 0.717) is 0 Å². The van der Waals surface area contributed by atoms with Crippen LogP contribution in [0.5, 0.6) is 0 Å². The quantitative estimate of drug-likeness (QED) is 0.467. The van der Waals surface area contributed by atoms with Gasteiger partial charge in [0.2, 0.25) is 0 Å². The zero-order valence-corrected chi connectivity index (χ0v) is 4.94. The molecular weight excluding hydrogens is 86.1 g/mol. The molecule has 7 heavy (non-hydrogen) atoms. The van der Waals surface area contributed by atoms with E-state index in [9.17, 15) is 0 Å². The third-order valence-electron chi connectivity index (χ3n) is 0.869. The minimum atomic E-state index is 1.07. The van der Waals surface area contributed by atoms with Crippen LogP contribution in [0.4, 0.5) is 0 Å². The number of hydrogen-bond acceptors (Lipinski definition) is 1. The van der Waals surface area contributed by atoms with Gasteiger partial charge in [0.1, 0.15) is 0 Å². The summed E-state index contributed by atoms with van der Waals surface area (Å²) in [6, 6.07) is 0. The molecule has 1 nitrogen and oxygen atoms in total. The minimum Gasteiger partial charge on any atom is -0.273 e. The fourth-order valence-electron chi connectivity index (χ4n) is 0.247. The Balaban J connectivity index is 3.49. The smallest absolute Gasteiger partial charge is 0.0249 e. The predicted octanol–water partition coefficient (Wildman–Crippen LogP) is 2.00. The maximum atomic E-state index is 3.59. The molecule has 0 aliphatic rings. The Labute approximate surface area is 44.8 Å². The van der Waals surface area contributed by atoms with Gasteiger partial charge in [-0.3, -0.25) is 4.99 Å². The van der Waals surface area contributed by atoms with E-state index >= 15 is 0 Å². The van der Waals surface area contributed by atoms with Gasteiger partial charge in [0, 0.05) is 6.20 Å². The van der Waals surface area contributed by atoms with Crippen molar-refractivity contribution >= 4 is 6.72 Å². The van der Waals surface area contributed by atoms with Crippen LogP contribution < -0.4 is 0 Å². The van der Waals surface area contributed by atoms with E-state index in [1.807, 2.05) is 6.92 Å². The molecule has 0 aliphatic carbocycles. The molecule has 0 aromatic heterocycles. The molecule has 0 amide bonds. The van der Waals surface area contributed by atoms with E-state index in [0.717, 1.165) is 6.42 Å². The second-order valence-corrected chi connectivity index (χ2v) is 1.51. The van der Waals surface area contributed by atoms with Crippen molar-refractivity contribution in [3.8, 4) is 0 Å². The van der Waals surface area contributed by atoms with Crippen LogP contribution in [-0.4, -0.2) is 6.72 Å². The standard InChI is InChI=1S/C6H11N/c1-4-6(2)5-7-3/h5H,3-4H2,1-2H3/b6-5+. The average molecular weight is 97.2 g/mol. The lowest BCUT2D eigenvalue weighted by Crippen LogP contribution is -1.65. The van der Waals surface area contributed by atoms with Crippen molar-refractivity contribution in [3.63, 3.8) is 0 Å². The van der Waals surface area contributed by atoms with Crippen LogP contribution in [0.15, 0.2) is 16.8 Å². The fraction of sp³-hybridized carbons (Fsp3) is 0.500. The van der Waals surface area contributed by atoms with Gasteiger partial charge in [0.25, 0.3) is 0 Å². The number of nitrogens with zero attached hydrogens (tertiary/aromatic N) is 1. The highest BCUT2D eigenvalue weighted by Crippen LogP contribution is 1.95. The Morgan fingerprint density at radius 2 is 2.43 bits per heavy atom. The number of rotatable bonds is 2. The first-order valence-corrected chi connectivity index (χ1v) is 2.42. The molecule has 40 valence electrons. The van der Waals surface area contributed by atoms with Crippen LogP contribution in [-0.2, 0) is 0 Å². The van der Waals surface area contributed by atoms with Crippen LogP contribution >= 0.6 is 0 Å². The molecule has 0 spiro atoms. The van der Waals surface area contributed by atoms with Crippen molar-refractivity contribution in [1.82, 2.24) is 0 Å². The molecule has 0 saturated heterocycles. The van der Waals surface area contributed by atoms with Crippen LogP contribution in [0.3, 0.4) is 0 Å². The third-order valence-corrected chi connectivity index (χ3v) is 0.869. The van der Waals surface area contributed by atoms with Gasteiger partial charge in [-0.15, -0.1) is 0 Å². The summed E-state index contributed by atoms with van der Waals surface area (Å²) in [7, 11) is 0. The average Bonchev–Trinajstić information content (AvgIpc) is 1.68. The van der Waals surface area contributed by atoms with Crippen LogP contribution in [0.25, 0.3) is 0 Å². The molecule has 0 fully saturated rings. The normalized spacial score (nSPS) is 11.4. The van der Waals surface area contributed by atoms with E-state index in [2.05, 4.69) is 18.6 Å². The topological polar surface area (TPSA) is 12.4 Å². The van der Waals surface area contributed by atoms with Crippen molar-refractivity contribution in [1.29, 1.82) is 0 Å². The summed E-state index contributed by atoms with van der Waals surface area (Å²) in [5, 5.41) is 0. The monoisotopic (exact) mass is 97.1 g/mol. The van der Waals surface area contributed by atoms with Crippen molar-refractivity contribution in [2.24, 2.45) is 4.99 Å². The molecule has 0 rings (SSSR count). The summed E-state index contributed by atoms with van der Waals surface area (Å²) in [5.41, 5.74) is 1.27. The van der Waals surface area contributed by atoms with E-state index in [4.69, 9.17) is 0 Å². The Morgan fingerprint density at radius 3 is 2.57 bits per heavy atom. The van der Waals surface area contributed by atoms with Crippen molar-refractivity contribution in [3.05, 3.63) is 11.8 Å². The highest BCUT2D eigenvalue weighted by molar-refractivity contribution is 5.26. The lowest BCUT2D eigenvalue weighted by molar-refractivity contribution is 1.09. The van der Waals surface area contributed by atoms with E-state index < -0.39 is 0 Å². The maximum Gasteiger partial charge on any atom is 0.0249 e. The molecule has 0 saturated carbocycles. The first-order valence-electron chi connectivity index (χ1n) is 2.42. The molecule has 0 heterocycles. The second-order valence-electron chi connectivity index (χ2n) is 1.51. The van der Waals surface area contributed by atoms with Gasteiger partial charge in [-0.1, -0.05) is 12.5 Å². The molecule has 0 aliphatic heterocycles. The molecule has 0 unspecified atom stereocenters. The number of aliphatic imine (C=N–C) groups is 1. The summed E-state index contributed by atoms with van der Waals surface area (Å²) in [5.74, 6) is 0. The summed E-state index contributed by atoms with van der Waals surface area (Å²) in [4.78, 5) is 3.59. The Hall–Kier alpha value is -0.590. The predicted molar refractivity (Wildman–Crippen MR) is 33.6 cm³/mol. The van der Waals surface area contributed by atoms with E-state index in [-0.39, 0.29) is 0 Å². The molecule has 1 heteroatoms. The molecule has 0 atom stereocenters. The summed E-state index contributed by atoms with van der Waals surface area (Å²) < 4.78 is 0. The van der Waals surface area contributed by atoms with Crippen molar-refractivity contribution in [2.75, 3.05) is 0 Å². The largest absolute Gasteiger partial charge is 0.273 e. The molecular formula is C6H11N. The fourth-order valence-corrected chi connectivity index (χ4v) is 0.247. The zero-order chi connectivity index (χ0) is 5.70. The number of allylic oxidation sites excluding steroid dienone is 1. The first kappa shape index (κ1) is 6.41. The summed E-state index contributed by atoms with van der Waals surface area (Å²) in [6.45, 7) is 7.45. The van der Waals surface area contributed by atoms with Gasteiger partial charge in [-0.2, -0.15) is 0 Å². The second kappa shape index (κ2) is 3.59. The van der Waals surface area contributed by atoms with Crippen LogP contribution in [0, 0.1) is 0 Å². The molecule has 0 bridgehead atoms. The van der Waals surface area contributed by atoms with Crippen molar-refractivity contribution in [2.45, 2.75) is 20.3 Å². The lowest BCUT2D eigenvalue weighted by atomic mass is 10.3. The Bertz CT molecular complexity index is 82.2. The SMILES string of the molecule is C=N/C=C(\C)CC. The van der Waals surface area contributed by atoms with Gasteiger partial charge in [0.15, 0.2) is 0 Å². The van der Waals surface area contributed by atoms with Gasteiger partial charge in [-0.05, 0) is 20.1 Å². The van der Waals surface area contributed by atoms with Crippen molar-refractivity contribution < 1.29 is 0 Å². The zero-order valence-electron chi connectivity index (χ0n) is 4.94. The molecule has 0 aromatic rings. The summed E-state index contributed by atoms with van der Waals surface area (Å²) in [6.07, 6.45) is 2.85. The van der Waals surface area contributed by atoms with E-state index in [1.165, 1.54) is 5.57 Å². The Morgan fingerprint density at radius 1 is 1.86 bits per heavy atom. The van der Waals surface area contributed by atoms with Crippen LogP contribution in [0.1, 0.15) is 20.3 Å². The van der Waals surface area contributed by atoms with Gasteiger partial charge in [-0.25, -0.2) is 0 Å². The number of hydrogen-bond donors (Lipinski definition) is 0. The van der Waals surface area contributed by atoms with Gasteiger partial charge < -0.3 is 0 Å². The lowest BCUT2D eigenvalue weighted by Gasteiger charge is -1.85. The third kappa shape index (κ3) is 3.23. The van der Waals surface area contributed by atoms with Crippen LogP contribution in [0.2, 0.25) is 0 Å². The van der Waals surface area contributed by atoms with E-state index in [1.54, 1.807) is 6.20 Å². The molecule has 0 aromatic carbocycles. The minimum absolute atomic E-state index is 1.07. The molecule has 0 N–H and O–H groups in total. The van der Waals surface area contributed by atoms with Gasteiger partial charge in [0.05, 0.1) is 0 Å². The summed E-state index contributed by atoms with van der Waals surface area (Å²) >= 11 is 0. The van der Waals surface area contributed by atoms with Gasteiger partial charge >= 0.3 is 0 Å². The highest BCUT2D eigenvalue weighted by atomic mass is 14.6.